The largest absolute Gasteiger partial charge is 0.388 e. The number of carbonyl (C=O) groups is 1. The molecule has 2 aromatic rings. The van der Waals surface area contributed by atoms with Crippen molar-refractivity contribution in [2.45, 2.75) is 12.3 Å². The van der Waals surface area contributed by atoms with Crippen molar-refractivity contribution in [3.63, 3.8) is 0 Å². The van der Waals surface area contributed by atoms with Gasteiger partial charge in [-0.25, -0.2) is 0 Å². The molecule has 4 nitrogen and oxygen atoms in total. The first kappa shape index (κ1) is 13.6. The summed E-state index contributed by atoms with van der Waals surface area (Å²) in [5.41, 5.74) is 2.73. The molecular formula is C17H19N3O. The zero-order valence-electron chi connectivity index (χ0n) is 12.1. The molecule has 1 amide bonds. The van der Waals surface area contributed by atoms with E-state index in [-0.39, 0.29) is 5.91 Å². The van der Waals surface area contributed by atoms with Crippen LogP contribution in [0.1, 0.15) is 28.4 Å². The Bertz CT molecular complexity index is 627. The van der Waals surface area contributed by atoms with Gasteiger partial charge in [0, 0.05) is 37.9 Å². The lowest BCUT2D eigenvalue weighted by molar-refractivity contribution is 0.0785. The number of hydrogen-bond donors (Lipinski definition) is 1. The molecule has 1 aromatic heterocycles. The van der Waals surface area contributed by atoms with E-state index in [2.05, 4.69) is 34.6 Å². The number of nitrogens with one attached hydrogen (secondary N) is 1. The summed E-state index contributed by atoms with van der Waals surface area (Å²) in [5.74, 6) is 0.452. The highest BCUT2D eigenvalue weighted by Crippen LogP contribution is 2.27. The standard InChI is InChI=1S/C17H19N3O/c1-18-15-7-9-19-16(11-15)17(21)20-10-8-14(12-20)13-5-3-2-4-6-13/h2-7,9,11,14H,8,10,12H2,1H3,(H,18,19). The van der Waals surface area contributed by atoms with E-state index in [1.54, 1.807) is 12.3 Å². The minimum absolute atomic E-state index is 0.0190. The number of rotatable bonds is 3. The smallest absolute Gasteiger partial charge is 0.272 e. The van der Waals surface area contributed by atoms with Gasteiger partial charge in [0.05, 0.1) is 0 Å². The number of hydrogen-bond acceptors (Lipinski definition) is 3. The number of likely N-dealkylation sites (tertiary alicyclic amines) is 1. The Balaban J connectivity index is 1.72. The molecule has 0 spiro atoms. The van der Waals surface area contributed by atoms with E-state index in [0.717, 1.165) is 25.2 Å². The molecule has 1 aliphatic rings. The lowest BCUT2D eigenvalue weighted by Crippen LogP contribution is -2.29. The van der Waals surface area contributed by atoms with Crippen molar-refractivity contribution in [1.29, 1.82) is 0 Å². The van der Waals surface area contributed by atoms with E-state index in [0.29, 0.717) is 11.6 Å². The maximum absolute atomic E-state index is 12.5. The molecule has 0 aliphatic carbocycles. The summed E-state index contributed by atoms with van der Waals surface area (Å²) < 4.78 is 0. The van der Waals surface area contributed by atoms with Gasteiger partial charge in [0.2, 0.25) is 0 Å². The highest BCUT2D eigenvalue weighted by molar-refractivity contribution is 5.93. The van der Waals surface area contributed by atoms with Crippen LogP contribution in [0.2, 0.25) is 0 Å². The van der Waals surface area contributed by atoms with Crippen molar-refractivity contribution in [1.82, 2.24) is 9.88 Å². The predicted octanol–water partition coefficient (Wildman–Crippen LogP) is 2.75. The number of aromatic nitrogens is 1. The molecule has 108 valence electrons. The quantitative estimate of drug-likeness (QED) is 0.941. The Morgan fingerprint density at radius 2 is 2.10 bits per heavy atom. The van der Waals surface area contributed by atoms with Crippen LogP contribution in [-0.2, 0) is 0 Å². The third-order valence-electron chi connectivity index (χ3n) is 4.01. The van der Waals surface area contributed by atoms with Crippen LogP contribution in [0.3, 0.4) is 0 Å². The molecule has 1 aromatic carbocycles. The van der Waals surface area contributed by atoms with Gasteiger partial charge >= 0.3 is 0 Å². The highest BCUT2D eigenvalue weighted by Gasteiger charge is 2.28. The van der Waals surface area contributed by atoms with Crippen molar-refractivity contribution in [3.05, 3.63) is 59.9 Å². The number of pyridine rings is 1. The van der Waals surface area contributed by atoms with E-state index < -0.39 is 0 Å². The van der Waals surface area contributed by atoms with Gasteiger partial charge in [0.15, 0.2) is 0 Å². The summed E-state index contributed by atoms with van der Waals surface area (Å²) in [5, 5.41) is 3.04. The van der Waals surface area contributed by atoms with Gasteiger partial charge in [-0.15, -0.1) is 0 Å². The minimum Gasteiger partial charge on any atom is -0.388 e. The number of carbonyl (C=O) groups excluding carboxylic acids is 1. The van der Waals surface area contributed by atoms with Gasteiger partial charge in [-0.2, -0.15) is 0 Å². The highest BCUT2D eigenvalue weighted by atomic mass is 16.2. The van der Waals surface area contributed by atoms with E-state index in [1.165, 1.54) is 5.56 Å². The third kappa shape index (κ3) is 2.89. The first-order valence-electron chi connectivity index (χ1n) is 7.26. The fraction of sp³-hybridized carbons (Fsp3) is 0.294. The molecular weight excluding hydrogens is 262 g/mol. The lowest BCUT2D eigenvalue weighted by Gasteiger charge is -2.16. The zero-order valence-corrected chi connectivity index (χ0v) is 12.1. The Kier molecular flexibility index (Phi) is 3.86. The maximum atomic E-state index is 12.5. The van der Waals surface area contributed by atoms with Gasteiger partial charge in [-0.05, 0) is 24.1 Å². The van der Waals surface area contributed by atoms with Crippen molar-refractivity contribution < 1.29 is 4.79 Å². The van der Waals surface area contributed by atoms with Gasteiger partial charge in [-0.1, -0.05) is 30.3 Å². The number of amides is 1. The summed E-state index contributed by atoms with van der Waals surface area (Å²) in [7, 11) is 1.84. The van der Waals surface area contributed by atoms with E-state index in [4.69, 9.17) is 0 Å². The first-order chi connectivity index (χ1) is 10.3. The molecule has 4 heteroatoms. The average Bonchev–Trinajstić information content (AvgIpc) is 3.05. The summed E-state index contributed by atoms with van der Waals surface area (Å²) >= 11 is 0. The normalized spacial score (nSPS) is 17.8. The van der Waals surface area contributed by atoms with Gasteiger partial charge in [-0.3, -0.25) is 9.78 Å². The summed E-state index contributed by atoms with van der Waals surface area (Å²) in [4.78, 5) is 18.6. The van der Waals surface area contributed by atoms with Crippen molar-refractivity contribution in [3.8, 4) is 0 Å². The zero-order chi connectivity index (χ0) is 14.7. The lowest BCUT2D eigenvalue weighted by atomic mass is 9.99. The van der Waals surface area contributed by atoms with Crippen LogP contribution in [-0.4, -0.2) is 35.9 Å². The number of anilines is 1. The van der Waals surface area contributed by atoms with Crippen molar-refractivity contribution >= 4 is 11.6 Å². The number of benzene rings is 1. The maximum Gasteiger partial charge on any atom is 0.272 e. The van der Waals surface area contributed by atoms with Crippen LogP contribution >= 0.6 is 0 Å². The van der Waals surface area contributed by atoms with Crippen LogP contribution in [0.5, 0.6) is 0 Å². The molecule has 1 N–H and O–H groups in total. The van der Waals surface area contributed by atoms with Crippen LogP contribution in [0, 0.1) is 0 Å². The van der Waals surface area contributed by atoms with E-state index in [9.17, 15) is 4.79 Å². The van der Waals surface area contributed by atoms with Crippen LogP contribution < -0.4 is 5.32 Å². The molecule has 0 radical (unpaired) electrons. The average molecular weight is 281 g/mol. The fourth-order valence-electron chi connectivity index (χ4n) is 2.81. The SMILES string of the molecule is CNc1ccnc(C(=O)N2CCC(c3ccccc3)C2)c1. The molecule has 3 rings (SSSR count). The molecule has 1 aliphatic heterocycles. The van der Waals surface area contributed by atoms with E-state index >= 15 is 0 Å². The molecule has 1 atom stereocenters. The molecule has 1 saturated heterocycles. The second kappa shape index (κ2) is 5.95. The van der Waals surface area contributed by atoms with Gasteiger partial charge in [0.25, 0.3) is 5.91 Å². The van der Waals surface area contributed by atoms with Crippen LogP contribution in [0.25, 0.3) is 0 Å². The molecule has 2 heterocycles. The third-order valence-corrected chi connectivity index (χ3v) is 4.01. The minimum atomic E-state index is 0.0190. The van der Waals surface area contributed by atoms with Gasteiger partial charge < -0.3 is 10.2 Å². The Morgan fingerprint density at radius 1 is 1.29 bits per heavy atom. The molecule has 0 saturated carbocycles. The Morgan fingerprint density at radius 3 is 2.86 bits per heavy atom. The summed E-state index contributed by atoms with van der Waals surface area (Å²) in [6.07, 6.45) is 2.69. The predicted molar refractivity (Wildman–Crippen MR) is 83.5 cm³/mol. The van der Waals surface area contributed by atoms with Crippen molar-refractivity contribution in [2.24, 2.45) is 0 Å². The monoisotopic (exact) mass is 281 g/mol. The summed E-state index contributed by atoms with van der Waals surface area (Å²) in [6.45, 7) is 1.57. The molecule has 1 fully saturated rings. The molecule has 21 heavy (non-hydrogen) atoms. The van der Waals surface area contributed by atoms with Gasteiger partial charge in [0.1, 0.15) is 5.69 Å². The number of nitrogens with zero attached hydrogens (tertiary/aromatic N) is 2. The second-order valence-electron chi connectivity index (χ2n) is 5.33. The van der Waals surface area contributed by atoms with Crippen molar-refractivity contribution in [2.75, 3.05) is 25.5 Å². The van der Waals surface area contributed by atoms with Crippen LogP contribution in [0.4, 0.5) is 5.69 Å². The molecule has 1 unspecified atom stereocenters. The van der Waals surface area contributed by atoms with Crippen LogP contribution in [0.15, 0.2) is 48.7 Å². The molecule has 0 bridgehead atoms. The topological polar surface area (TPSA) is 45.2 Å². The fourth-order valence-corrected chi connectivity index (χ4v) is 2.81. The van der Waals surface area contributed by atoms with E-state index in [1.807, 2.05) is 24.1 Å². The Hall–Kier alpha value is -2.36. The first-order valence-corrected chi connectivity index (χ1v) is 7.26. The summed E-state index contributed by atoms with van der Waals surface area (Å²) in [6, 6.07) is 14.1. The Labute approximate surface area is 124 Å². The second-order valence-corrected chi connectivity index (χ2v) is 5.33.